The molecule has 4 rings (SSSR count). The van der Waals surface area contributed by atoms with E-state index in [9.17, 15) is 9.90 Å². The lowest BCUT2D eigenvalue weighted by Crippen LogP contribution is -2.64. The molecule has 4 N–H and O–H groups in total. The zero-order valence-corrected chi connectivity index (χ0v) is 11.8. The van der Waals surface area contributed by atoms with Crippen LogP contribution in [0.3, 0.4) is 0 Å². The summed E-state index contributed by atoms with van der Waals surface area (Å²) in [5, 5.41) is 13.6. The number of carbonyl (C=O) groups excluding carboxylic acids is 1. The average Bonchev–Trinajstić information content (AvgIpc) is 2.32. The van der Waals surface area contributed by atoms with Crippen LogP contribution < -0.4 is 11.1 Å². The Bertz CT molecular complexity index is 368. The van der Waals surface area contributed by atoms with Gasteiger partial charge in [-0.2, -0.15) is 0 Å². The van der Waals surface area contributed by atoms with Gasteiger partial charge < -0.3 is 16.2 Å². The summed E-state index contributed by atoms with van der Waals surface area (Å²) < 4.78 is 0. The van der Waals surface area contributed by atoms with Gasteiger partial charge in [0.05, 0.1) is 11.6 Å². The van der Waals surface area contributed by atoms with E-state index >= 15 is 0 Å². The van der Waals surface area contributed by atoms with Gasteiger partial charge in [-0.25, -0.2) is 0 Å². The predicted octanol–water partition coefficient (Wildman–Crippen LogP) is 1.17. The normalized spacial score (nSPS) is 45.2. The molecule has 4 saturated carbocycles. The Morgan fingerprint density at radius 3 is 2.53 bits per heavy atom. The minimum Gasteiger partial charge on any atom is -0.390 e. The van der Waals surface area contributed by atoms with Crippen LogP contribution in [0.1, 0.15) is 51.9 Å². The van der Waals surface area contributed by atoms with E-state index in [-0.39, 0.29) is 11.3 Å². The van der Waals surface area contributed by atoms with Gasteiger partial charge in [0.2, 0.25) is 5.91 Å². The highest BCUT2D eigenvalue weighted by Crippen LogP contribution is 2.62. The number of carbonyl (C=O) groups is 1. The molecule has 4 nitrogen and oxygen atoms in total. The second-order valence-electron chi connectivity index (χ2n) is 7.32. The molecule has 3 atom stereocenters. The first kappa shape index (κ1) is 13.4. The average molecular weight is 266 g/mol. The minimum atomic E-state index is -0.535. The van der Waals surface area contributed by atoms with Crippen LogP contribution in [0.25, 0.3) is 0 Å². The first-order valence-electron chi connectivity index (χ1n) is 7.72. The third kappa shape index (κ3) is 2.19. The van der Waals surface area contributed by atoms with Crippen LogP contribution in [0.2, 0.25) is 0 Å². The third-order valence-corrected chi connectivity index (χ3v) is 5.57. The van der Waals surface area contributed by atoms with Crippen molar-refractivity contribution in [3.8, 4) is 0 Å². The number of nitrogens with two attached hydrogens (primary N) is 1. The van der Waals surface area contributed by atoms with Crippen molar-refractivity contribution in [2.24, 2.45) is 23.0 Å². The SMILES string of the molecule is CCCNC(=O)[C@@H](N)C12CC3CC(CC(O)(C3)C1)C2. The van der Waals surface area contributed by atoms with E-state index in [4.69, 9.17) is 5.73 Å². The zero-order chi connectivity index (χ0) is 13.7. The number of rotatable bonds is 4. The quantitative estimate of drug-likeness (QED) is 0.715. The molecule has 2 unspecified atom stereocenters. The number of hydrogen-bond acceptors (Lipinski definition) is 3. The van der Waals surface area contributed by atoms with Crippen LogP contribution in [0, 0.1) is 17.3 Å². The van der Waals surface area contributed by atoms with Gasteiger partial charge in [-0.05, 0) is 62.2 Å². The highest BCUT2D eigenvalue weighted by atomic mass is 16.3. The summed E-state index contributed by atoms with van der Waals surface area (Å²) in [4.78, 5) is 12.2. The first-order valence-corrected chi connectivity index (χ1v) is 7.72. The predicted molar refractivity (Wildman–Crippen MR) is 73.3 cm³/mol. The highest BCUT2D eigenvalue weighted by Gasteiger charge is 2.60. The molecule has 108 valence electrons. The van der Waals surface area contributed by atoms with Crippen LogP contribution in [0.4, 0.5) is 0 Å². The molecule has 0 aromatic heterocycles. The van der Waals surface area contributed by atoms with E-state index in [0.717, 1.165) is 38.5 Å². The van der Waals surface area contributed by atoms with Gasteiger partial charge in [0, 0.05) is 6.54 Å². The zero-order valence-electron chi connectivity index (χ0n) is 11.8. The van der Waals surface area contributed by atoms with Crippen molar-refractivity contribution in [2.45, 2.75) is 63.5 Å². The molecule has 0 heterocycles. The Balaban J connectivity index is 1.77. The molecule has 0 aromatic carbocycles. The molecule has 0 aromatic rings. The van der Waals surface area contributed by atoms with Crippen LogP contribution in [-0.2, 0) is 4.79 Å². The highest BCUT2D eigenvalue weighted by molar-refractivity contribution is 5.82. The van der Waals surface area contributed by atoms with Gasteiger partial charge in [0.1, 0.15) is 0 Å². The summed E-state index contributed by atoms with van der Waals surface area (Å²) in [5.74, 6) is 1.14. The van der Waals surface area contributed by atoms with Crippen molar-refractivity contribution >= 4 is 5.91 Å². The molecule has 4 bridgehead atoms. The molecule has 0 spiro atoms. The topological polar surface area (TPSA) is 75.4 Å². The van der Waals surface area contributed by atoms with Crippen molar-refractivity contribution < 1.29 is 9.90 Å². The molecule has 4 fully saturated rings. The summed E-state index contributed by atoms with van der Waals surface area (Å²) in [7, 11) is 0. The van der Waals surface area contributed by atoms with Gasteiger partial charge in [0.25, 0.3) is 0 Å². The maximum atomic E-state index is 12.2. The molecular formula is C15H26N2O2. The number of aliphatic hydroxyl groups is 1. The summed E-state index contributed by atoms with van der Waals surface area (Å²) >= 11 is 0. The van der Waals surface area contributed by atoms with Crippen molar-refractivity contribution in [1.29, 1.82) is 0 Å². The molecule has 4 aliphatic rings. The lowest BCUT2D eigenvalue weighted by molar-refractivity contribution is -0.174. The van der Waals surface area contributed by atoms with Gasteiger partial charge >= 0.3 is 0 Å². The molecule has 4 heteroatoms. The van der Waals surface area contributed by atoms with Crippen LogP contribution >= 0.6 is 0 Å². The van der Waals surface area contributed by atoms with Crippen LogP contribution in [-0.4, -0.2) is 29.2 Å². The Morgan fingerprint density at radius 2 is 2.00 bits per heavy atom. The van der Waals surface area contributed by atoms with Gasteiger partial charge in [-0.15, -0.1) is 0 Å². The number of hydrogen-bond donors (Lipinski definition) is 3. The van der Waals surface area contributed by atoms with Crippen LogP contribution in [0.15, 0.2) is 0 Å². The second-order valence-corrected chi connectivity index (χ2v) is 7.32. The maximum Gasteiger partial charge on any atom is 0.237 e. The fourth-order valence-corrected chi connectivity index (χ4v) is 5.28. The van der Waals surface area contributed by atoms with Crippen molar-refractivity contribution in [3.05, 3.63) is 0 Å². The van der Waals surface area contributed by atoms with E-state index in [2.05, 4.69) is 5.32 Å². The number of nitrogens with one attached hydrogen (secondary N) is 1. The Labute approximate surface area is 115 Å². The molecule has 0 saturated heterocycles. The monoisotopic (exact) mass is 266 g/mol. The third-order valence-electron chi connectivity index (χ3n) is 5.57. The number of amides is 1. The Morgan fingerprint density at radius 1 is 1.37 bits per heavy atom. The smallest absolute Gasteiger partial charge is 0.237 e. The molecule has 19 heavy (non-hydrogen) atoms. The molecule has 4 aliphatic carbocycles. The Hall–Kier alpha value is -0.610. The maximum absolute atomic E-state index is 12.2. The van der Waals surface area contributed by atoms with Crippen molar-refractivity contribution in [2.75, 3.05) is 6.54 Å². The lowest BCUT2D eigenvalue weighted by atomic mass is 9.46. The summed E-state index contributed by atoms with van der Waals surface area (Å²) in [6, 6.07) is -0.448. The second kappa shape index (κ2) is 4.45. The Kier molecular flexibility index (Phi) is 3.13. The standard InChI is InChI=1S/C15H26N2O2/c1-2-3-17-13(18)12(16)14-5-10-4-11(6-14)8-15(19,7-10)9-14/h10-12,19H,2-9,16H2,1H3,(H,17,18)/t10?,11?,12-,14?,15?/m1/s1. The van der Waals surface area contributed by atoms with E-state index in [0.29, 0.717) is 18.4 Å². The molecule has 0 radical (unpaired) electrons. The largest absolute Gasteiger partial charge is 0.390 e. The summed E-state index contributed by atoms with van der Waals surface area (Å²) in [6.45, 7) is 2.74. The van der Waals surface area contributed by atoms with E-state index in [1.54, 1.807) is 0 Å². The summed E-state index contributed by atoms with van der Waals surface area (Å²) in [6.07, 6.45) is 6.81. The fraction of sp³-hybridized carbons (Fsp3) is 0.933. The molecular weight excluding hydrogens is 240 g/mol. The summed E-state index contributed by atoms with van der Waals surface area (Å²) in [5.41, 5.74) is 5.62. The van der Waals surface area contributed by atoms with E-state index < -0.39 is 11.6 Å². The fourth-order valence-electron chi connectivity index (χ4n) is 5.28. The van der Waals surface area contributed by atoms with E-state index in [1.807, 2.05) is 6.92 Å². The first-order chi connectivity index (χ1) is 8.96. The van der Waals surface area contributed by atoms with E-state index in [1.165, 1.54) is 6.42 Å². The van der Waals surface area contributed by atoms with Gasteiger partial charge in [-0.3, -0.25) is 4.79 Å². The van der Waals surface area contributed by atoms with Gasteiger partial charge in [-0.1, -0.05) is 6.92 Å². The van der Waals surface area contributed by atoms with Crippen LogP contribution in [0.5, 0.6) is 0 Å². The van der Waals surface area contributed by atoms with Gasteiger partial charge in [0.15, 0.2) is 0 Å². The van der Waals surface area contributed by atoms with Crippen molar-refractivity contribution in [1.82, 2.24) is 5.32 Å². The van der Waals surface area contributed by atoms with Crippen molar-refractivity contribution in [3.63, 3.8) is 0 Å². The minimum absolute atomic E-state index is 0.0209. The lowest BCUT2D eigenvalue weighted by Gasteiger charge is -2.61. The molecule has 1 amide bonds. The molecule has 0 aliphatic heterocycles.